The molecular weight excluding hydrogens is 128 g/mol. The lowest BCUT2D eigenvalue weighted by atomic mass is 9.89. The fourth-order valence-corrected chi connectivity index (χ4v) is 1.05. The molecule has 0 amide bonds. The van der Waals surface area contributed by atoms with E-state index in [-0.39, 0.29) is 5.92 Å². The topological polar surface area (TPSA) is 26.3 Å². The van der Waals surface area contributed by atoms with Crippen LogP contribution >= 0.6 is 0 Å². The third-order valence-corrected chi connectivity index (χ3v) is 1.88. The van der Waals surface area contributed by atoms with Crippen molar-refractivity contribution < 1.29 is 9.53 Å². The van der Waals surface area contributed by atoms with Crippen molar-refractivity contribution in [3.63, 3.8) is 0 Å². The van der Waals surface area contributed by atoms with E-state index in [0.717, 1.165) is 25.9 Å². The van der Waals surface area contributed by atoms with Crippen LogP contribution in [-0.4, -0.2) is 19.5 Å². The fourth-order valence-electron chi connectivity index (χ4n) is 1.05. The molecular formula is C8H12O2. The van der Waals surface area contributed by atoms with Gasteiger partial charge in [0.15, 0.2) is 0 Å². The third kappa shape index (κ3) is 1.45. The summed E-state index contributed by atoms with van der Waals surface area (Å²) in [5.74, 6) is 0.599. The maximum atomic E-state index is 10.4. The molecule has 0 N–H and O–H groups in total. The Kier molecular flexibility index (Phi) is 2.63. The first-order chi connectivity index (χ1) is 4.88. The first-order valence-electron chi connectivity index (χ1n) is 3.52. The molecule has 0 aromatic rings. The Morgan fingerprint density at radius 2 is 2.40 bits per heavy atom. The predicted octanol–water partition coefficient (Wildman–Crippen LogP) is 1.02. The molecule has 0 aromatic carbocycles. The predicted molar refractivity (Wildman–Crippen MR) is 38.7 cm³/mol. The average Bonchev–Trinajstić information content (AvgIpc) is 1.83. The zero-order valence-corrected chi connectivity index (χ0v) is 5.95. The summed E-state index contributed by atoms with van der Waals surface area (Å²) in [6, 6.07) is 0. The summed E-state index contributed by atoms with van der Waals surface area (Å²) in [5, 5.41) is 0. The Hall–Kier alpha value is -0.630. The SMILES string of the molecule is C=CCC(C=O)C1COC1. The van der Waals surface area contributed by atoms with Gasteiger partial charge >= 0.3 is 0 Å². The van der Waals surface area contributed by atoms with E-state index in [1.54, 1.807) is 6.08 Å². The second-order valence-electron chi connectivity index (χ2n) is 2.62. The van der Waals surface area contributed by atoms with Crippen LogP contribution in [0.1, 0.15) is 6.42 Å². The van der Waals surface area contributed by atoms with E-state index >= 15 is 0 Å². The highest BCUT2D eigenvalue weighted by Crippen LogP contribution is 2.21. The quantitative estimate of drug-likeness (QED) is 0.430. The van der Waals surface area contributed by atoms with Crippen molar-refractivity contribution in [2.24, 2.45) is 11.8 Å². The minimum absolute atomic E-state index is 0.145. The molecule has 2 nitrogen and oxygen atoms in total. The van der Waals surface area contributed by atoms with Crippen LogP contribution in [-0.2, 0) is 9.53 Å². The molecule has 0 aromatic heterocycles. The Bertz CT molecular complexity index is 127. The molecule has 56 valence electrons. The molecule has 1 fully saturated rings. The van der Waals surface area contributed by atoms with Crippen LogP contribution in [0.2, 0.25) is 0 Å². The Morgan fingerprint density at radius 3 is 2.70 bits per heavy atom. The number of ether oxygens (including phenoxy) is 1. The molecule has 0 saturated carbocycles. The smallest absolute Gasteiger partial charge is 0.123 e. The van der Waals surface area contributed by atoms with Crippen LogP contribution < -0.4 is 0 Å². The molecule has 0 spiro atoms. The summed E-state index contributed by atoms with van der Waals surface area (Å²) in [7, 11) is 0. The largest absolute Gasteiger partial charge is 0.381 e. The van der Waals surface area contributed by atoms with E-state index in [4.69, 9.17) is 4.74 Å². The van der Waals surface area contributed by atoms with Crippen LogP contribution in [0.3, 0.4) is 0 Å². The molecule has 1 aliphatic rings. The van der Waals surface area contributed by atoms with Crippen molar-refractivity contribution in [2.75, 3.05) is 13.2 Å². The van der Waals surface area contributed by atoms with Crippen LogP contribution in [0, 0.1) is 11.8 Å². The fraction of sp³-hybridized carbons (Fsp3) is 0.625. The van der Waals surface area contributed by atoms with E-state index in [1.807, 2.05) is 0 Å². The highest BCUT2D eigenvalue weighted by atomic mass is 16.5. The molecule has 0 radical (unpaired) electrons. The van der Waals surface area contributed by atoms with Gasteiger partial charge < -0.3 is 9.53 Å². The van der Waals surface area contributed by atoms with Gasteiger partial charge in [-0.15, -0.1) is 6.58 Å². The van der Waals surface area contributed by atoms with Gasteiger partial charge in [-0.05, 0) is 6.42 Å². The van der Waals surface area contributed by atoms with Crippen LogP contribution in [0.25, 0.3) is 0 Å². The van der Waals surface area contributed by atoms with Gasteiger partial charge in [-0.25, -0.2) is 0 Å². The summed E-state index contributed by atoms with van der Waals surface area (Å²) in [6.07, 6.45) is 3.59. The Morgan fingerprint density at radius 1 is 1.70 bits per heavy atom. The first kappa shape index (κ1) is 7.48. The summed E-state index contributed by atoms with van der Waals surface area (Å²) >= 11 is 0. The molecule has 1 saturated heterocycles. The van der Waals surface area contributed by atoms with E-state index in [1.165, 1.54) is 0 Å². The minimum atomic E-state index is 0.145. The number of carbonyl (C=O) groups is 1. The number of hydrogen-bond acceptors (Lipinski definition) is 2. The van der Waals surface area contributed by atoms with E-state index in [2.05, 4.69) is 6.58 Å². The summed E-state index contributed by atoms with van der Waals surface area (Å²) in [4.78, 5) is 10.4. The van der Waals surface area contributed by atoms with Crippen LogP contribution in [0.4, 0.5) is 0 Å². The molecule has 1 heterocycles. The maximum Gasteiger partial charge on any atom is 0.123 e. The van der Waals surface area contributed by atoms with Crippen molar-refractivity contribution in [1.29, 1.82) is 0 Å². The van der Waals surface area contributed by atoms with E-state index in [9.17, 15) is 4.79 Å². The van der Waals surface area contributed by atoms with E-state index < -0.39 is 0 Å². The van der Waals surface area contributed by atoms with E-state index in [0.29, 0.717) is 5.92 Å². The summed E-state index contributed by atoms with van der Waals surface area (Å²) < 4.78 is 4.97. The molecule has 0 aliphatic carbocycles. The number of hydrogen-bond donors (Lipinski definition) is 0. The van der Waals surface area contributed by atoms with Gasteiger partial charge in [-0.3, -0.25) is 0 Å². The number of rotatable bonds is 4. The Labute approximate surface area is 60.9 Å². The van der Waals surface area contributed by atoms with Gasteiger partial charge in [0.1, 0.15) is 6.29 Å². The second kappa shape index (κ2) is 3.52. The van der Waals surface area contributed by atoms with Gasteiger partial charge in [0.2, 0.25) is 0 Å². The van der Waals surface area contributed by atoms with Gasteiger partial charge in [0, 0.05) is 11.8 Å². The van der Waals surface area contributed by atoms with Gasteiger partial charge in [0.25, 0.3) is 0 Å². The third-order valence-electron chi connectivity index (χ3n) is 1.88. The minimum Gasteiger partial charge on any atom is -0.381 e. The number of carbonyl (C=O) groups excluding carboxylic acids is 1. The van der Waals surface area contributed by atoms with Crippen molar-refractivity contribution in [3.05, 3.63) is 12.7 Å². The van der Waals surface area contributed by atoms with Crippen molar-refractivity contribution in [1.82, 2.24) is 0 Å². The van der Waals surface area contributed by atoms with Gasteiger partial charge in [0.05, 0.1) is 13.2 Å². The number of allylic oxidation sites excluding steroid dienone is 1. The molecule has 2 heteroatoms. The molecule has 1 aliphatic heterocycles. The first-order valence-corrected chi connectivity index (χ1v) is 3.52. The highest BCUT2D eigenvalue weighted by Gasteiger charge is 2.26. The monoisotopic (exact) mass is 140 g/mol. The molecule has 1 rings (SSSR count). The van der Waals surface area contributed by atoms with Crippen LogP contribution in [0.5, 0.6) is 0 Å². The molecule has 10 heavy (non-hydrogen) atoms. The number of aldehydes is 1. The maximum absolute atomic E-state index is 10.4. The normalized spacial score (nSPS) is 21.2. The zero-order chi connectivity index (χ0) is 7.40. The molecule has 1 unspecified atom stereocenters. The van der Waals surface area contributed by atoms with Crippen molar-refractivity contribution in [2.45, 2.75) is 6.42 Å². The Balaban J connectivity index is 2.30. The lowest BCUT2D eigenvalue weighted by molar-refractivity contribution is -0.120. The lowest BCUT2D eigenvalue weighted by Crippen LogP contribution is -2.34. The molecule has 0 bridgehead atoms. The van der Waals surface area contributed by atoms with Crippen molar-refractivity contribution >= 4 is 6.29 Å². The van der Waals surface area contributed by atoms with Gasteiger partial charge in [-0.2, -0.15) is 0 Å². The molecule has 1 atom stereocenters. The average molecular weight is 140 g/mol. The highest BCUT2D eigenvalue weighted by molar-refractivity contribution is 5.54. The standard InChI is InChI=1S/C8H12O2/c1-2-3-7(4-9)8-5-10-6-8/h2,4,7-8H,1,3,5-6H2. The van der Waals surface area contributed by atoms with Crippen LogP contribution in [0.15, 0.2) is 12.7 Å². The zero-order valence-electron chi connectivity index (χ0n) is 5.95. The van der Waals surface area contributed by atoms with Crippen molar-refractivity contribution in [3.8, 4) is 0 Å². The van der Waals surface area contributed by atoms with Gasteiger partial charge in [-0.1, -0.05) is 6.08 Å². The summed E-state index contributed by atoms with van der Waals surface area (Å²) in [5.41, 5.74) is 0. The summed E-state index contributed by atoms with van der Waals surface area (Å²) in [6.45, 7) is 5.08. The second-order valence-corrected chi connectivity index (χ2v) is 2.62. The lowest BCUT2D eigenvalue weighted by Gasteiger charge is -2.29.